The maximum Gasteiger partial charge on any atom is 0.360 e. The van der Waals surface area contributed by atoms with Crippen molar-refractivity contribution in [3.8, 4) is 0 Å². The average molecular weight is 603 g/mol. The Kier molecular flexibility index (Phi) is 11.2. The van der Waals surface area contributed by atoms with E-state index in [1.807, 2.05) is 0 Å². The van der Waals surface area contributed by atoms with E-state index in [9.17, 15) is 14.4 Å². The molecule has 0 bridgehead atoms. The number of methoxy groups -OCH3 is 2. The zero-order valence-corrected chi connectivity index (χ0v) is 20.6. The smallest absolute Gasteiger partial charge is 0.360 e. The third kappa shape index (κ3) is 8.51. The molecule has 15 nitrogen and oxygen atoms in total. The Hall–Kier alpha value is -3.99. The lowest BCUT2D eigenvalue weighted by molar-refractivity contribution is 0.0586. The number of esters is 2. The molecule has 0 atom stereocenters. The van der Waals surface area contributed by atoms with Crippen LogP contribution < -0.4 is 17.2 Å². The maximum absolute atomic E-state index is 11.0. The number of anilines is 3. The van der Waals surface area contributed by atoms with E-state index in [0.717, 1.165) is 0 Å². The normalized spacial score (nSPS) is 9.41. The first-order valence-electron chi connectivity index (χ1n) is 8.54. The molecule has 0 aromatic carbocycles. The van der Waals surface area contributed by atoms with Gasteiger partial charge in [-0.15, -0.1) is 0 Å². The molecular weight excluding hydrogens is 586 g/mol. The van der Waals surface area contributed by atoms with Crippen molar-refractivity contribution in [2.24, 2.45) is 0 Å². The van der Waals surface area contributed by atoms with Crippen LogP contribution in [0.1, 0.15) is 31.5 Å². The summed E-state index contributed by atoms with van der Waals surface area (Å²) in [6.07, 6.45) is 5.52. The molecule has 3 heterocycles. The predicted octanol–water partition coefficient (Wildman–Crippen LogP) is 0.973. The molecule has 0 radical (unpaired) electrons. The van der Waals surface area contributed by atoms with E-state index < -0.39 is 17.9 Å². The Balaban J connectivity index is 0.000000255. The summed E-state index contributed by atoms with van der Waals surface area (Å²) >= 11 is 6.03. The predicted molar refractivity (Wildman–Crippen MR) is 124 cm³/mol. The molecule has 17 heteroatoms. The largest absolute Gasteiger partial charge is 0.476 e. The molecular formula is C17H17Br2N9O6. The van der Waals surface area contributed by atoms with Gasteiger partial charge in [0.1, 0.15) is 9.21 Å². The summed E-state index contributed by atoms with van der Waals surface area (Å²) in [4.78, 5) is 54.2. The molecule has 3 aromatic heterocycles. The maximum atomic E-state index is 11.0. The Bertz CT molecular complexity index is 1180. The quantitative estimate of drug-likeness (QED) is 0.305. The molecule has 0 aliphatic heterocycles. The Morgan fingerprint density at radius 3 is 1.59 bits per heavy atom. The lowest BCUT2D eigenvalue weighted by Gasteiger charge is -2.00. The second-order valence-electron chi connectivity index (χ2n) is 5.43. The van der Waals surface area contributed by atoms with Gasteiger partial charge >= 0.3 is 17.9 Å². The van der Waals surface area contributed by atoms with Crippen LogP contribution in [0, 0.1) is 0 Å². The third-order valence-electron chi connectivity index (χ3n) is 3.23. The van der Waals surface area contributed by atoms with Gasteiger partial charge in [0, 0.05) is 12.4 Å². The molecule has 0 aliphatic carbocycles. The monoisotopic (exact) mass is 601 g/mol. The average Bonchev–Trinajstić information content (AvgIpc) is 2.82. The van der Waals surface area contributed by atoms with Crippen molar-refractivity contribution in [2.45, 2.75) is 0 Å². The molecule has 0 spiro atoms. The van der Waals surface area contributed by atoms with Gasteiger partial charge in [-0.2, -0.15) is 0 Å². The number of aromatic carboxylic acids is 1. The number of hydrogen-bond acceptors (Lipinski definition) is 14. The summed E-state index contributed by atoms with van der Waals surface area (Å²) in [5.74, 6) is -2.29. The molecule has 0 aliphatic rings. The van der Waals surface area contributed by atoms with Crippen LogP contribution >= 0.6 is 31.9 Å². The van der Waals surface area contributed by atoms with Crippen molar-refractivity contribution in [1.82, 2.24) is 29.9 Å². The van der Waals surface area contributed by atoms with Crippen molar-refractivity contribution < 1.29 is 29.0 Å². The highest BCUT2D eigenvalue weighted by atomic mass is 79.9. The summed E-state index contributed by atoms with van der Waals surface area (Å²) in [7, 11) is 2.51. The topological polar surface area (TPSA) is 245 Å². The lowest BCUT2D eigenvalue weighted by Crippen LogP contribution is -2.09. The second kappa shape index (κ2) is 13.5. The number of rotatable bonds is 3. The van der Waals surface area contributed by atoms with Crippen LogP contribution in [-0.2, 0) is 9.47 Å². The number of hydrogen-bond donors (Lipinski definition) is 4. The van der Waals surface area contributed by atoms with Gasteiger partial charge in [0.05, 0.1) is 26.6 Å². The number of nitrogens with two attached hydrogens (primary N) is 3. The van der Waals surface area contributed by atoms with Gasteiger partial charge in [-0.3, -0.25) is 0 Å². The van der Waals surface area contributed by atoms with E-state index in [2.05, 4.69) is 71.2 Å². The van der Waals surface area contributed by atoms with E-state index in [4.69, 9.17) is 22.3 Å². The van der Waals surface area contributed by atoms with Gasteiger partial charge in [0.15, 0.2) is 34.5 Å². The summed E-state index contributed by atoms with van der Waals surface area (Å²) in [5.41, 5.74) is 15.7. The molecule has 0 fully saturated rings. The number of nitrogens with zero attached hydrogens (tertiary/aromatic N) is 6. The molecule has 0 unspecified atom stereocenters. The van der Waals surface area contributed by atoms with Crippen LogP contribution in [0.25, 0.3) is 0 Å². The first kappa shape index (κ1) is 28.0. The first-order valence-corrected chi connectivity index (χ1v) is 10.1. The number of carboxylic acids is 1. The van der Waals surface area contributed by atoms with E-state index in [1.165, 1.54) is 39.0 Å². The highest BCUT2D eigenvalue weighted by Gasteiger charge is 2.13. The number of aromatic nitrogens is 6. The molecule has 3 rings (SSSR count). The SMILES string of the molecule is COC(=O)c1nc(Br)cnc1N.COC(=O)c1nccnc1N.Nc1ncc(Br)nc1C(=O)O. The highest BCUT2D eigenvalue weighted by molar-refractivity contribution is 9.10. The van der Waals surface area contributed by atoms with Gasteiger partial charge in [-0.25, -0.2) is 44.3 Å². The zero-order valence-electron chi connectivity index (χ0n) is 17.5. The zero-order chi connectivity index (χ0) is 25.8. The molecule has 0 saturated heterocycles. The Morgan fingerprint density at radius 2 is 1.15 bits per heavy atom. The minimum Gasteiger partial charge on any atom is -0.476 e. The van der Waals surface area contributed by atoms with Gasteiger partial charge in [0.25, 0.3) is 0 Å². The minimum absolute atomic E-state index is 0.0203. The number of halogens is 2. The number of carboxylic acid groups (broad SMARTS) is 1. The van der Waals surface area contributed by atoms with E-state index >= 15 is 0 Å². The molecule has 7 N–H and O–H groups in total. The van der Waals surface area contributed by atoms with E-state index in [1.54, 1.807) is 0 Å². The van der Waals surface area contributed by atoms with Crippen LogP contribution in [-0.4, -0.2) is 67.1 Å². The highest BCUT2D eigenvalue weighted by Crippen LogP contribution is 2.11. The standard InChI is InChI=1S/C6H6BrN3O2.C6H7N3O2.C5H4BrN3O2/c1-12-6(11)4-5(8)9-2-3(7)10-4;1-11-6(10)4-5(7)9-3-2-8-4;6-2-1-8-4(7)3(9-2)5(10)11/h2H,1H3,(H2,8,9);2-3H,1H3,(H2,7,9);1H,(H2,7,8)(H,10,11). The van der Waals surface area contributed by atoms with Crippen LogP contribution in [0.15, 0.2) is 34.0 Å². The molecule has 180 valence electrons. The summed E-state index contributed by atoms with van der Waals surface area (Å²) in [6, 6.07) is 0. The van der Waals surface area contributed by atoms with Crippen LogP contribution in [0.3, 0.4) is 0 Å². The third-order valence-corrected chi connectivity index (χ3v) is 3.99. The summed E-state index contributed by atoms with van der Waals surface area (Å²) in [6.45, 7) is 0. The Labute approximate surface area is 208 Å². The number of nitrogen functional groups attached to an aromatic ring is 3. The van der Waals surface area contributed by atoms with Gasteiger partial charge in [-0.1, -0.05) is 0 Å². The molecule has 0 amide bonds. The summed E-state index contributed by atoms with van der Waals surface area (Å²) in [5, 5.41) is 8.49. The fourth-order valence-corrected chi connectivity index (χ4v) is 2.32. The van der Waals surface area contributed by atoms with Crippen molar-refractivity contribution in [2.75, 3.05) is 31.4 Å². The first-order chi connectivity index (χ1) is 16.0. The minimum atomic E-state index is -1.18. The number of ether oxygens (including phenoxy) is 2. The molecule has 34 heavy (non-hydrogen) atoms. The van der Waals surface area contributed by atoms with E-state index in [-0.39, 0.29) is 34.5 Å². The van der Waals surface area contributed by atoms with Gasteiger partial charge in [0.2, 0.25) is 0 Å². The van der Waals surface area contributed by atoms with Gasteiger partial charge < -0.3 is 31.8 Å². The number of carbonyl (C=O) groups excluding carboxylic acids is 2. The van der Waals surface area contributed by atoms with Crippen LogP contribution in [0.2, 0.25) is 0 Å². The van der Waals surface area contributed by atoms with Crippen molar-refractivity contribution in [1.29, 1.82) is 0 Å². The fourth-order valence-electron chi connectivity index (χ4n) is 1.76. The van der Waals surface area contributed by atoms with Gasteiger partial charge in [-0.05, 0) is 31.9 Å². The summed E-state index contributed by atoms with van der Waals surface area (Å²) < 4.78 is 9.62. The van der Waals surface area contributed by atoms with Crippen LogP contribution in [0.4, 0.5) is 17.5 Å². The number of carbonyl (C=O) groups is 3. The lowest BCUT2D eigenvalue weighted by atomic mass is 10.4. The van der Waals surface area contributed by atoms with Crippen LogP contribution in [0.5, 0.6) is 0 Å². The van der Waals surface area contributed by atoms with Crippen molar-refractivity contribution in [3.05, 3.63) is 51.1 Å². The second-order valence-corrected chi connectivity index (χ2v) is 7.06. The fraction of sp³-hybridized carbons (Fsp3) is 0.118. The molecule has 0 saturated carbocycles. The van der Waals surface area contributed by atoms with Crippen molar-refractivity contribution >= 4 is 67.2 Å². The van der Waals surface area contributed by atoms with Crippen molar-refractivity contribution in [3.63, 3.8) is 0 Å². The van der Waals surface area contributed by atoms with E-state index in [0.29, 0.717) is 9.21 Å². The molecule has 3 aromatic rings. The Morgan fingerprint density at radius 1 is 0.735 bits per heavy atom.